The molecule has 0 radical (unpaired) electrons. The second-order valence-corrected chi connectivity index (χ2v) is 7.36. The second kappa shape index (κ2) is 6.86. The third-order valence-electron chi connectivity index (χ3n) is 5.57. The van der Waals surface area contributed by atoms with E-state index in [9.17, 15) is 13.2 Å². The summed E-state index contributed by atoms with van der Waals surface area (Å²) in [7, 11) is 0. The number of nitrogens with zero attached hydrogens (tertiary/aromatic N) is 1. The van der Waals surface area contributed by atoms with Gasteiger partial charge in [0.2, 0.25) is 0 Å². The number of alkyl halides is 3. The molecule has 1 saturated heterocycles. The molecule has 2 nitrogen and oxygen atoms in total. The van der Waals surface area contributed by atoms with Gasteiger partial charge in [0.15, 0.2) is 0 Å². The fourth-order valence-corrected chi connectivity index (χ4v) is 3.91. The van der Waals surface area contributed by atoms with Crippen LogP contribution in [0.25, 0.3) is 0 Å². The van der Waals surface area contributed by atoms with Gasteiger partial charge in [-0.25, -0.2) is 0 Å². The van der Waals surface area contributed by atoms with Crippen molar-refractivity contribution in [2.24, 2.45) is 29.4 Å². The fourth-order valence-electron chi connectivity index (χ4n) is 3.91. The number of likely N-dealkylation sites (tertiary alicyclic amines) is 1. The first-order valence-corrected chi connectivity index (χ1v) is 8.32. The van der Waals surface area contributed by atoms with E-state index in [-0.39, 0.29) is 18.9 Å². The van der Waals surface area contributed by atoms with Crippen LogP contribution >= 0.6 is 0 Å². The van der Waals surface area contributed by atoms with Gasteiger partial charge in [-0.1, -0.05) is 13.8 Å². The van der Waals surface area contributed by atoms with Crippen LogP contribution < -0.4 is 5.73 Å². The summed E-state index contributed by atoms with van der Waals surface area (Å²) >= 11 is 0. The average Bonchev–Trinajstić information content (AvgIpc) is 2.40. The van der Waals surface area contributed by atoms with E-state index in [1.54, 1.807) is 0 Å². The quantitative estimate of drug-likeness (QED) is 0.862. The van der Waals surface area contributed by atoms with Crippen molar-refractivity contribution in [3.63, 3.8) is 0 Å². The van der Waals surface area contributed by atoms with E-state index in [0.29, 0.717) is 24.9 Å². The Morgan fingerprint density at radius 3 is 2.24 bits per heavy atom. The van der Waals surface area contributed by atoms with Gasteiger partial charge in [0, 0.05) is 12.6 Å². The van der Waals surface area contributed by atoms with Crippen LogP contribution in [-0.2, 0) is 0 Å². The Bertz CT molecular complexity index is 322. The van der Waals surface area contributed by atoms with E-state index in [2.05, 4.69) is 18.7 Å². The number of nitrogens with two attached hydrogens (primary N) is 1. The zero-order valence-electron chi connectivity index (χ0n) is 13.2. The molecule has 5 heteroatoms. The highest BCUT2D eigenvalue weighted by molar-refractivity contribution is 4.87. The summed E-state index contributed by atoms with van der Waals surface area (Å²) in [4.78, 5) is 2.20. The Labute approximate surface area is 126 Å². The average molecular weight is 306 g/mol. The van der Waals surface area contributed by atoms with Crippen LogP contribution in [0.1, 0.15) is 46.0 Å². The maximum Gasteiger partial charge on any atom is 0.391 e. The standard InChI is InChI=1S/C16H29F3N2/c1-11(2)12-3-4-15(20)13(9-12)10-21-7-5-14(6-8-21)16(17,18)19/h11-15H,3-10,20H2,1-2H3. The lowest BCUT2D eigenvalue weighted by molar-refractivity contribution is -0.185. The minimum absolute atomic E-state index is 0.223. The van der Waals surface area contributed by atoms with Crippen molar-refractivity contribution in [3.05, 3.63) is 0 Å². The molecule has 1 aliphatic heterocycles. The van der Waals surface area contributed by atoms with Crippen molar-refractivity contribution in [1.29, 1.82) is 0 Å². The summed E-state index contributed by atoms with van der Waals surface area (Å²) in [6.07, 6.45) is -0.121. The summed E-state index contributed by atoms with van der Waals surface area (Å²) < 4.78 is 38.1. The maximum atomic E-state index is 12.7. The molecular formula is C16H29F3N2. The molecule has 3 atom stereocenters. The van der Waals surface area contributed by atoms with E-state index in [1.165, 1.54) is 6.42 Å². The molecule has 3 unspecified atom stereocenters. The number of hydrogen-bond acceptors (Lipinski definition) is 2. The van der Waals surface area contributed by atoms with Gasteiger partial charge in [-0.15, -0.1) is 0 Å². The minimum Gasteiger partial charge on any atom is -0.327 e. The Kier molecular flexibility index (Phi) is 5.58. The smallest absolute Gasteiger partial charge is 0.327 e. The lowest BCUT2D eigenvalue weighted by Crippen LogP contribution is -2.47. The molecular weight excluding hydrogens is 277 g/mol. The van der Waals surface area contributed by atoms with Crippen LogP contribution in [0, 0.1) is 23.7 Å². The van der Waals surface area contributed by atoms with Gasteiger partial charge in [0.1, 0.15) is 0 Å². The molecule has 0 aromatic carbocycles. The van der Waals surface area contributed by atoms with Crippen molar-refractivity contribution in [2.75, 3.05) is 19.6 Å². The zero-order chi connectivity index (χ0) is 15.6. The Morgan fingerprint density at radius 2 is 1.71 bits per heavy atom. The van der Waals surface area contributed by atoms with E-state index in [1.807, 2.05) is 0 Å². The molecule has 2 rings (SSSR count). The molecule has 1 aliphatic carbocycles. The second-order valence-electron chi connectivity index (χ2n) is 7.36. The predicted molar refractivity (Wildman–Crippen MR) is 78.9 cm³/mol. The fraction of sp³-hybridized carbons (Fsp3) is 1.00. The first-order valence-electron chi connectivity index (χ1n) is 8.32. The molecule has 0 aromatic heterocycles. The van der Waals surface area contributed by atoms with E-state index in [4.69, 9.17) is 5.73 Å². The molecule has 1 saturated carbocycles. The van der Waals surface area contributed by atoms with Gasteiger partial charge in [-0.05, 0) is 62.9 Å². The minimum atomic E-state index is -4.02. The summed E-state index contributed by atoms with van der Waals surface area (Å²) in [6.45, 7) is 6.54. The molecule has 2 aliphatic rings. The van der Waals surface area contributed by atoms with Crippen LogP contribution in [0.5, 0.6) is 0 Å². The monoisotopic (exact) mass is 306 g/mol. The van der Waals surface area contributed by atoms with Crippen LogP contribution in [0.15, 0.2) is 0 Å². The lowest BCUT2D eigenvalue weighted by Gasteiger charge is -2.40. The molecule has 124 valence electrons. The van der Waals surface area contributed by atoms with Crippen molar-refractivity contribution >= 4 is 0 Å². The molecule has 21 heavy (non-hydrogen) atoms. The normalized spacial score (nSPS) is 33.6. The first-order chi connectivity index (χ1) is 9.77. The molecule has 0 amide bonds. The zero-order valence-corrected chi connectivity index (χ0v) is 13.2. The lowest BCUT2D eigenvalue weighted by atomic mass is 9.73. The van der Waals surface area contributed by atoms with Crippen LogP contribution in [-0.4, -0.2) is 36.8 Å². The van der Waals surface area contributed by atoms with Gasteiger partial charge in [-0.2, -0.15) is 13.2 Å². The van der Waals surface area contributed by atoms with E-state index in [0.717, 1.165) is 25.3 Å². The highest BCUT2D eigenvalue weighted by Gasteiger charge is 2.41. The predicted octanol–water partition coefficient (Wildman–Crippen LogP) is 3.66. The highest BCUT2D eigenvalue weighted by Crippen LogP contribution is 2.36. The third-order valence-corrected chi connectivity index (χ3v) is 5.57. The van der Waals surface area contributed by atoms with Gasteiger partial charge in [0.25, 0.3) is 0 Å². The first kappa shape index (κ1) is 17.1. The summed E-state index contributed by atoms with van der Waals surface area (Å²) in [6, 6.07) is 0.223. The largest absolute Gasteiger partial charge is 0.391 e. The third kappa shape index (κ3) is 4.59. The Morgan fingerprint density at radius 1 is 1.10 bits per heavy atom. The molecule has 2 fully saturated rings. The van der Waals surface area contributed by atoms with Gasteiger partial charge in [0.05, 0.1) is 5.92 Å². The van der Waals surface area contributed by atoms with Gasteiger partial charge >= 0.3 is 6.18 Å². The molecule has 0 spiro atoms. The van der Waals surface area contributed by atoms with E-state index >= 15 is 0 Å². The SMILES string of the molecule is CC(C)C1CCC(N)C(CN2CCC(C(F)(F)F)CC2)C1. The Balaban J connectivity index is 1.82. The van der Waals surface area contributed by atoms with Crippen LogP contribution in [0.4, 0.5) is 13.2 Å². The number of hydrogen-bond donors (Lipinski definition) is 1. The summed E-state index contributed by atoms with van der Waals surface area (Å²) in [5.41, 5.74) is 6.25. The molecule has 0 bridgehead atoms. The molecule has 0 aromatic rings. The van der Waals surface area contributed by atoms with Crippen LogP contribution in [0.2, 0.25) is 0 Å². The number of rotatable bonds is 3. The van der Waals surface area contributed by atoms with Crippen molar-refractivity contribution in [2.45, 2.75) is 58.2 Å². The maximum absolute atomic E-state index is 12.7. The summed E-state index contributed by atoms with van der Waals surface area (Å²) in [5.74, 6) is 0.754. The van der Waals surface area contributed by atoms with Crippen molar-refractivity contribution in [1.82, 2.24) is 4.90 Å². The van der Waals surface area contributed by atoms with Crippen molar-refractivity contribution < 1.29 is 13.2 Å². The Hall–Kier alpha value is -0.290. The van der Waals surface area contributed by atoms with E-state index < -0.39 is 12.1 Å². The van der Waals surface area contributed by atoms with Gasteiger partial charge < -0.3 is 10.6 Å². The number of piperidine rings is 1. The van der Waals surface area contributed by atoms with Crippen molar-refractivity contribution in [3.8, 4) is 0 Å². The molecule has 1 heterocycles. The van der Waals surface area contributed by atoms with Crippen LogP contribution in [0.3, 0.4) is 0 Å². The molecule has 2 N–H and O–H groups in total. The van der Waals surface area contributed by atoms with Gasteiger partial charge in [-0.3, -0.25) is 0 Å². The topological polar surface area (TPSA) is 29.3 Å². The summed E-state index contributed by atoms with van der Waals surface area (Å²) in [5, 5.41) is 0. The number of halogens is 3. The highest BCUT2D eigenvalue weighted by atomic mass is 19.4.